The fraction of sp³-hybridized carbons (Fsp3) is 0.182. The number of nitrogens with one attached hydrogen (secondary N) is 1. The Kier molecular flexibility index (Phi) is 5.81. The molecule has 27 heavy (non-hydrogen) atoms. The van der Waals surface area contributed by atoms with Crippen LogP contribution in [-0.4, -0.2) is 25.0 Å². The molecule has 1 atom stereocenters. The molecule has 0 aliphatic carbocycles. The van der Waals surface area contributed by atoms with Crippen molar-refractivity contribution in [1.29, 1.82) is 0 Å². The Hall–Kier alpha value is -3.21. The highest BCUT2D eigenvalue weighted by atomic mass is 19.1. The minimum atomic E-state index is -0.818. The van der Waals surface area contributed by atoms with Gasteiger partial charge in [0.25, 0.3) is 0 Å². The van der Waals surface area contributed by atoms with Gasteiger partial charge in [0.2, 0.25) is 5.91 Å². The van der Waals surface area contributed by atoms with Crippen LogP contribution >= 0.6 is 0 Å². The minimum absolute atomic E-state index is 0.0131. The Bertz CT molecular complexity index is 965. The molecule has 0 aliphatic heterocycles. The Labute approximate surface area is 157 Å². The monoisotopic (exact) mass is 365 g/mol. The minimum Gasteiger partial charge on any atom is -0.467 e. The van der Waals surface area contributed by atoms with Crippen LogP contribution in [0, 0.1) is 5.82 Å². The number of methoxy groups -OCH3 is 1. The molecular weight excluding hydrogens is 345 g/mol. The molecule has 1 N–H and O–H groups in total. The van der Waals surface area contributed by atoms with E-state index in [4.69, 9.17) is 4.74 Å². The molecule has 0 unspecified atom stereocenters. The molecule has 3 aromatic carbocycles. The second-order valence-electron chi connectivity index (χ2n) is 6.29. The summed E-state index contributed by atoms with van der Waals surface area (Å²) in [5.74, 6) is -1.28. The van der Waals surface area contributed by atoms with Crippen molar-refractivity contribution in [1.82, 2.24) is 5.32 Å². The number of amides is 1. The molecule has 0 bridgehead atoms. The van der Waals surface area contributed by atoms with Crippen LogP contribution in [0.2, 0.25) is 0 Å². The lowest BCUT2D eigenvalue weighted by Crippen LogP contribution is -2.43. The highest BCUT2D eigenvalue weighted by Gasteiger charge is 2.23. The van der Waals surface area contributed by atoms with Gasteiger partial charge in [0, 0.05) is 6.42 Å². The van der Waals surface area contributed by atoms with E-state index in [9.17, 15) is 14.0 Å². The summed E-state index contributed by atoms with van der Waals surface area (Å²) in [4.78, 5) is 24.6. The van der Waals surface area contributed by atoms with Crippen LogP contribution < -0.4 is 5.32 Å². The smallest absolute Gasteiger partial charge is 0.328 e. The van der Waals surface area contributed by atoms with E-state index in [1.54, 1.807) is 12.1 Å². The molecule has 0 aromatic heterocycles. The van der Waals surface area contributed by atoms with Crippen molar-refractivity contribution in [2.24, 2.45) is 0 Å². The summed E-state index contributed by atoms with van der Waals surface area (Å²) in [5, 5.41) is 4.79. The Morgan fingerprint density at radius 2 is 1.78 bits per heavy atom. The zero-order valence-electron chi connectivity index (χ0n) is 14.9. The number of halogens is 1. The van der Waals surface area contributed by atoms with Gasteiger partial charge >= 0.3 is 5.97 Å². The highest BCUT2D eigenvalue weighted by molar-refractivity contribution is 5.88. The molecule has 0 radical (unpaired) electrons. The predicted octanol–water partition coefficient (Wildman–Crippen LogP) is 3.42. The number of fused-ring (bicyclic) bond motifs is 1. The third-order valence-electron chi connectivity index (χ3n) is 4.38. The molecule has 5 heteroatoms. The Morgan fingerprint density at radius 3 is 2.56 bits per heavy atom. The summed E-state index contributed by atoms with van der Waals surface area (Å²) in [5.41, 5.74) is 1.48. The summed E-state index contributed by atoms with van der Waals surface area (Å²) in [7, 11) is 1.29. The quantitative estimate of drug-likeness (QED) is 0.681. The molecule has 3 rings (SSSR count). The van der Waals surface area contributed by atoms with Crippen LogP contribution in [0.3, 0.4) is 0 Å². The van der Waals surface area contributed by atoms with E-state index in [1.165, 1.54) is 19.2 Å². The average molecular weight is 365 g/mol. The van der Waals surface area contributed by atoms with Crippen LogP contribution in [0.5, 0.6) is 0 Å². The summed E-state index contributed by atoms with van der Waals surface area (Å²) >= 11 is 0. The fourth-order valence-corrected chi connectivity index (χ4v) is 3.10. The van der Waals surface area contributed by atoms with Gasteiger partial charge < -0.3 is 10.1 Å². The van der Waals surface area contributed by atoms with E-state index in [2.05, 4.69) is 5.32 Å². The lowest BCUT2D eigenvalue weighted by atomic mass is 9.98. The standard InChI is InChI=1S/C22H20FNO3/c1-27-22(26)20(24-21(25)13-15-6-4-10-18(23)12-15)14-17-9-5-8-16-7-2-3-11-19(16)17/h2-12,20H,13-14H2,1H3,(H,24,25)/t20-/m1/s1. The van der Waals surface area contributed by atoms with E-state index in [0.29, 0.717) is 12.0 Å². The average Bonchev–Trinajstić information content (AvgIpc) is 2.67. The molecule has 0 spiro atoms. The number of carbonyl (C=O) groups excluding carboxylic acids is 2. The fourth-order valence-electron chi connectivity index (χ4n) is 3.10. The lowest BCUT2D eigenvalue weighted by molar-refractivity contribution is -0.145. The van der Waals surface area contributed by atoms with Crippen molar-refractivity contribution in [2.45, 2.75) is 18.9 Å². The first-order chi connectivity index (χ1) is 13.1. The van der Waals surface area contributed by atoms with Gasteiger partial charge in [-0.05, 0) is 34.0 Å². The number of hydrogen-bond acceptors (Lipinski definition) is 3. The van der Waals surface area contributed by atoms with Gasteiger partial charge in [-0.3, -0.25) is 4.79 Å². The molecule has 0 heterocycles. The number of ether oxygens (including phenoxy) is 1. The van der Waals surface area contributed by atoms with Crippen LogP contribution in [0.4, 0.5) is 4.39 Å². The van der Waals surface area contributed by atoms with Gasteiger partial charge in [-0.1, -0.05) is 54.6 Å². The number of esters is 1. The van der Waals surface area contributed by atoms with Gasteiger partial charge in [-0.2, -0.15) is 0 Å². The first-order valence-corrected chi connectivity index (χ1v) is 8.65. The van der Waals surface area contributed by atoms with Crippen molar-refractivity contribution < 1.29 is 18.7 Å². The van der Waals surface area contributed by atoms with Gasteiger partial charge in [0.05, 0.1) is 13.5 Å². The number of hydrogen-bond donors (Lipinski definition) is 1. The maximum Gasteiger partial charge on any atom is 0.328 e. The van der Waals surface area contributed by atoms with Crippen molar-refractivity contribution in [3.63, 3.8) is 0 Å². The maximum atomic E-state index is 13.3. The molecule has 4 nitrogen and oxygen atoms in total. The van der Waals surface area contributed by atoms with E-state index in [1.807, 2.05) is 42.5 Å². The van der Waals surface area contributed by atoms with Crippen molar-refractivity contribution in [3.05, 3.63) is 83.7 Å². The summed E-state index contributed by atoms with van der Waals surface area (Å²) in [6.07, 6.45) is 0.295. The molecule has 0 saturated heterocycles. The van der Waals surface area contributed by atoms with Gasteiger partial charge in [-0.15, -0.1) is 0 Å². The van der Waals surface area contributed by atoms with Crippen LogP contribution in [0.25, 0.3) is 10.8 Å². The Balaban J connectivity index is 1.77. The molecule has 0 saturated carbocycles. The number of rotatable bonds is 6. The van der Waals surface area contributed by atoms with Gasteiger partial charge in [0.1, 0.15) is 11.9 Å². The highest BCUT2D eigenvalue weighted by Crippen LogP contribution is 2.20. The third kappa shape index (κ3) is 4.70. The van der Waals surface area contributed by atoms with Gasteiger partial charge in [-0.25, -0.2) is 9.18 Å². The summed E-state index contributed by atoms with van der Waals surface area (Å²) in [6.45, 7) is 0. The molecule has 0 fully saturated rings. The third-order valence-corrected chi connectivity index (χ3v) is 4.38. The molecule has 138 valence electrons. The second-order valence-corrected chi connectivity index (χ2v) is 6.29. The first kappa shape index (κ1) is 18.6. The van der Waals surface area contributed by atoms with Crippen molar-refractivity contribution >= 4 is 22.6 Å². The predicted molar refractivity (Wildman–Crippen MR) is 102 cm³/mol. The molecule has 1 amide bonds. The van der Waals surface area contributed by atoms with E-state index >= 15 is 0 Å². The molecular formula is C22H20FNO3. The number of carbonyl (C=O) groups is 2. The number of benzene rings is 3. The Morgan fingerprint density at radius 1 is 1.04 bits per heavy atom. The SMILES string of the molecule is COC(=O)[C@@H](Cc1cccc2ccccc12)NC(=O)Cc1cccc(F)c1. The molecule has 0 aliphatic rings. The largest absolute Gasteiger partial charge is 0.467 e. The van der Waals surface area contributed by atoms with E-state index < -0.39 is 17.8 Å². The maximum absolute atomic E-state index is 13.3. The first-order valence-electron chi connectivity index (χ1n) is 8.65. The zero-order chi connectivity index (χ0) is 19.2. The van der Waals surface area contributed by atoms with E-state index in [0.717, 1.165) is 16.3 Å². The zero-order valence-corrected chi connectivity index (χ0v) is 14.9. The summed E-state index contributed by atoms with van der Waals surface area (Å²) in [6, 6.07) is 18.7. The van der Waals surface area contributed by atoms with Gasteiger partial charge in [0.15, 0.2) is 0 Å². The van der Waals surface area contributed by atoms with E-state index in [-0.39, 0.29) is 12.3 Å². The normalized spacial score (nSPS) is 11.8. The van der Waals surface area contributed by atoms with Crippen molar-refractivity contribution in [3.8, 4) is 0 Å². The molecule has 3 aromatic rings. The topological polar surface area (TPSA) is 55.4 Å². The van der Waals surface area contributed by atoms with Crippen molar-refractivity contribution in [2.75, 3.05) is 7.11 Å². The van der Waals surface area contributed by atoms with Crippen LogP contribution in [-0.2, 0) is 27.2 Å². The summed E-state index contributed by atoms with van der Waals surface area (Å²) < 4.78 is 18.1. The lowest BCUT2D eigenvalue weighted by Gasteiger charge is -2.18. The van der Waals surface area contributed by atoms with Crippen LogP contribution in [0.15, 0.2) is 66.7 Å². The second kappa shape index (κ2) is 8.45. The van der Waals surface area contributed by atoms with Crippen LogP contribution in [0.1, 0.15) is 11.1 Å².